The fourth-order valence-electron chi connectivity index (χ4n) is 3.95. The highest BCUT2D eigenvalue weighted by atomic mass is 19.1. The van der Waals surface area contributed by atoms with Crippen molar-refractivity contribution < 1.29 is 9.18 Å². The standard InChI is InChI=1S/C22H26FN5O2/c1-15(2)20-18-13-24-28(17-9-7-16(23)8-10-17)21(18)22(30)27(25-20)14-19(29)26-11-5-3-4-6-12-26/h7-10,13,15H,3-6,11-12,14H2,1-2H3. The van der Waals surface area contributed by atoms with Crippen molar-refractivity contribution in [2.24, 2.45) is 0 Å². The van der Waals surface area contributed by atoms with E-state index in [1.54, 1.807) is 18.3 Å². The second kappa shape index (κ2) is 8.38. The summed E-state index contributed by atoms with van der Waals surface area (Å²) in [4.78, 5) is 28.0. The van der Waals surface area contributed by atoms with Crippen molar-refractivity contribution in [1.82, 2.24) is 24.5 Å². The van der Waals surface area contributed by atoms with Gasteiger partial charge in [0.15, 0.2) is 0 Å². The molecular formula is C22H26FN5O2. The number of rotatable bonds is 4. The first-order valence-electron chi connectivity index (χ1n) is 10.5. The summed E-state index contributed by atoms with van der Waals surface area (Å²) in [6.07, 6.45) is 5.84. The van der Waals surface area contributed by atoms with Crippen molar-refractivity contribution in [3.63, 3.8) is 0 Å². The summed E-state index contributed by atoms with van der Waals surface area (Å²) < 4.78 is 16.1. The van der Waals surface area contributed by atoms with E-state index in [1.807, 2.05) is 18.7 Å². The van der Waals surface area contributed by atoms with Gasteiger partial charge in [0.05, 0.1) is 17.6 Å². The van der Waals surface area contributed by atoms with Crippen LogP contribution in [0.3, 0.4) is 0 Å². The molecule has 1 amide bonds. The molecule has 7 nitrogen and oxygen atoms in total. The fourth-order valence-corrected chi connectivity index (χ4v) is 3.95. The quantitative estimate of drug-likeness (QED) is 0.661. The van der Waals surface area contributed by atoms with E-state index in [2.05, 4.69) is 10.2 Å². The Bertz CT molecular complexity index is 1110. The number of carbonyl (C=O) groups is 1. The SMILES string of the molecule is CC(C)c1nn(CC(=O)N2CCCCCC2)c(=O)c2c1cnn2-c1ccc(F)cc1. The molecule has 0 N–H and O–H groups in total. The molecule has 30 heavy (non-hydrogen) atoms. The summed E-state index contributed by atoms with van der Waals surface area (Å²) in [7, 11) is 0. The van der Waals surface area contributed by atoms with E-state index in [0.29, 0.717) is 22.3 Å². The number of nitrogens with zero attached hydrogens (tertiary/aromatic N) is 5. The molecule has 0 spiro atoms. The molecule has 1 aliphatic rings. The number of hydrogen-bond donors (Lipinski definition) is 0. The molecule has 0 radical (unpaired) electrons. The molecule has 1 fully saturated rings. The van der Waals surface area contributed by atoms with Gasteiger partial charge in [-0.2, -0.15) is 10.2 Å². The Balaban J connectivity index is 1.79. The maximum Gasteiger partial charge on any atom is 0.293 e. The third-order valence-electron chi connectivity index (χ3n) is 5.57. The highest BCUT2D eigenvalue weighted by Gasteiger charge is 2.22. The third-order valence-corrected chi connectivity index (χ3v) is 5.57. The zero-order valence-electron chi connectivity index (χ0n) is 17.3. The normalized spacial score (nSPS) is 15.0. The number of likely N-dealkylation sites (tertiary alicyclic amines) is 1. The fraction of sp³-hybridized carbons (Fsp3) is 0.455. The number of hydrogen-bond acceptors (Lipinski definition) is 4. The van der Waals surface area contributed by atoms with Crippen molar-refractivity contribution >= 4 is 16.8 Å². The molecule has 3 aromatic rings. The Morgan fingerprint density at radius 1 is 1.10 bits per heavy atom. The van der Waals surface area contributed by atoms with Crippen molar-refractivity contribution in [2.45, 2.75) is 52.0 Å². The van der Waals surface area contributed by atoms with Gasteiger partial charge in [0.1, 0.15) is 17.9 Å². The summed E-state index contributed by atoms with van der Waals surface area (Å²) in [5.74, 6) is -0.410. The number of carbonyl (C=O) groups excluding carboxylic acids is 1. The first-order chi connectivity index (χ1) is 14.5. The lowest BCUT2D eigenvalue weighted by Crippen LogP contribution is -2.38. The number of amides is 1. The molecule has 1 aliphatic heterocycles. The van der Waals surface area contributed by atoms with Gasteiger partial charge in [-0.15, -0.1) is 0 Å². The van der Waals surface area contributed by atoms with Gasteiger partial charge in [-0.25, -0.2) is 13.8 Å². The zero-order chi connectivity index (χ0) is 21.3. The van der Waals surface area contributed by atoms with E-state index in [4.69, 9.17) is 0 Å². The molecule has 8 heteroatoms. The molecule has 0 aliphatic carbocycles. The van der Waals surface area contributed by atoms with Gasteiger partial charge in [0.25, 0.3) is 5.56 Å². The highest BCUT2D eigenvalue weighted by molar-refractivity contribution is 5.82. The summed E-state index contributed by atoms with van der Waals surface area (Å²) in [5, 5.41) is 9.54. The van der Waals surface area contributed by atoms with Gasteiger partial charge < -0.3 is 4.90 Å². The predicted octanol–water partition coefficient (Wildman–Crippen LogP) is 3.25. The van der Waals surface area contributed by atoms with E-state index in [9.17, 15) is 14.0 Å². The van der Waals surface area contributed by atoms with Crippen LogP contribution >= 0.6 is 0 Å². The van der Waals surface area contributed by atoms with Gasteiger partial charge in [-0.3, -0.25) is 9.59 Å². The van der Waals surface area contributed by atoms with Crippen LogP contribution in [0.25, 0.3) is 16.6 Å². The Hall–Kier alpha value is -3.03. The van der Waals surface area contributed by atoms with Gasteiger partial charge in [-0.05, 0) is 43.0 Å². The number of fused-ring (bicyclic) bond motifs is 1. The molecule has 0 bridgehead atoms. The van der Waals surface area contributed by atoms with Crippen molar-refractivity contribution in [3.8, 4) is 5.69 Å². The summed E-state index contributed by atoms with van der Waals surface area (Å²) >= 11 is 0. The van der Waals surface area contributed by atoms with Gasteiger partial charge in [0, 0.05) is 18.5 Å². The maximum absolute atomic E-state index is 13.4. The molecule has 1 saturated heterocycles. The van der Waals surface area contributed by atoms with E-state index in [-0.39, 0.29) is 29.7 Å². The molecule has 3 heterocycles. The minimum absolute atomic E-state index is 0.0403. The lowest BCUT2D eigenvalue weighted by molar-refractivity contribution is -0.132. The average molecular weight is 411 g/mol. The molecule has 0 atom stereocenters. The van der Waals surface area contributed by atoms with Crippen LogP contribution in [0.15, 0.2) is 35.3 Å². The lowest BCUT2D eigenvalue weighted by Gasteiger charge is -2.21. The lowest BCUT2D eigenvalue weighted by atomic mass is 10.1. The van der Waals surface area contributed by atoms with E-state index < -0.39 is 0 Å². The number of halogens is 1. The van der Waals surface area contributed by atoms with Gasteiger partial charge >= 0.3 is 0 Å². The van der Waals surface area contributed by atoms with Crippen LogP contribution in [-0.2, 0) is 11.3 Å². The number of aromatic nitrogens is 4. The minimum Gasteiger partial charge on any atom is -0.341 e. The van der Waals surface area contributed by atoms with Crippen LogP contribution in [0.2, 0.25) is 0 Å². The van der Waals surface area contributed by atoms with Crippen molar-refractivity contribution in [3.05, 3.63) is 52.3 Å². The molecule has 0 saturated carbocycles. The van der Waals surface area contributed by atoms with Gasteiger partial charge in [-0.1, -0.05) is 26.7 Å². The highest BCUT2D eigenvalue weighted by Crippen LogP contribution is 2.23. The Morgan fingerprint density at radius 3 is 2.40 bits per heavy atom. The molecule has 2 aromatic heterocycles. The zero-order valence-corrected chi connectivity index (χ0v) is 17.3. The summed E-state index contributed by atoms with van der Waals surface area (Å²) in [6, 6.07) is 5.80. The Kier molecular flexibility index (Phi) is 5.65. The van der Waals surface area contributed by atoms with Crippen molar-refractivity contribution in [1.29, 1.82) is 0 Å². The largest absolute Gasteiger partial charge is 0.341 e. The topological polar surface area (TPSA) is 73.0 Å². The Morgan fingerprint density at radius 2 is 1.77 bits per heavy atom. The monoisotopic (exact) mass is 411 g/mol. The van der Waals surface area contributed by atoms with E-state index in [0.717, 1.165) is 38.8 Å². The summed E-state index contributed by atoms with van der Waals surface area (Å²) in [6.45, 7) is 5.33. The van der Waals surface area contributed by atoms with Gasteiger partial charge in [0.2, 0.25) is 5.91 Å². The van der Waals surface area contributed by atoms with E-state index >= 15 is 0 Å². The average Bonchev–Trinajstić information content (AvgIpc) is 2.98. The second-order valence-corrected chi connectivity index (χ2v) is 8.09. The molecule has 0 unspecified atom stereocenters. The predicted molar refractivity (Wildman–Crippen MR) is 112 cm³/mol. The number of benzene rings is 1. The van der Waals surface area contributed by atoms with Crippen LogP contribution in [0.5, 0.6) is 0 Å². The summed E-state index contributed by atoms with van der Waals surface area (Å²) in [5.41, 5.74) is 1.26. The molecule has 158 valence electrons. The van der Waals surface area contributed by atoms with Crippen LogP contribution in [0, 0.1) is 5.82 Å². The minimum atomic E-state index is -0.376. The van der Waals surface area contributed by atoms with Crippen molar-refractivity contribution in [2.75, 3.05) is 13.1 Å². The second-order valence-electron chi connectivity index (χ2n) is 8.09. The maximum atomic E-state index is 13.4. The molecule has 1 aromatic carbocycles. The first kappa shape index (κ1) is 20.3. The third kappa shape index (κ3) is 3.86. The van der Waals surface area contributed by atoms with Crippen LogP contribution in [0.4, 0.5) is 4.39 Å². The van der Waals surface area contributed by atoms with Crippen LogP contribution in [-0.4, -0.2) is 43.5 Å². The molecule has 4 rings (SSSR count). The molecular weight excluding hydrogens is 385 g/mol. The van der Waals surface area contributed by atoms with Crippen LogP contribution in [0.1, 0.15) is 51.1 Å². The Labute approximate surface area is 174 Å². The smallest absolute Gasteiger partial charge is 0.293 e. The first-order valence-corrected chi connectivity index (χ1v) is 10.5. The van der Waals surface area contributed by atoms with Crippen LogP contribution < -0.4 is 5.56 Å². The van der Waals surface area contributed by atoms with E-state index in [1.165, 1.54) is 21.5 Å².